The van der Waals surface area contributed by atoms with E-state index in [9.17, 15) is 9.59 Å². The standard InChI is InChI=1S/C17H22N4O3.ClH/c1-2-21-16(22)13-8-15-11(7-14(13)19-17(21)23)10-20-5-4-18-9-12(20)3-6-24-15;/h7-8,12,18H,2-6,9-10H2,1H3,(H,19,23);1H/t12-;/m1./s1. The van der Waals surface area contributed by atoms with Crippen molar-refractivity contribution in [2.75, 3.05) is 26.2 Å². The lowest BCUT2D eigenvalue weighted by molar-refractivity contribution is 0.115. The van der Waals surface area contributed by atoms with E-state index in [4.69, 9.17) is 4.74 Å². The summed E-state index contributed by atoms with van der Waals surface area (Å²) in [5.74, 6) is 0.756. The molecular weight excluding hydrogens is 344 g/mol. The average Bonchev–Trinajstić information content (AvgIpc) is 2.55. The number of piperazine rings is 1. The Balaban J connectivity index is 0.00000182. The molecule has 0 aliphatic carbocycles. The predicted octanol–water partition coefficient (Wildman–Crippen LogP) is 0.688. The topological polar surface area (TPSA) is 79.4 Å². The van der Waals surface area contributed by atoms with E-state index in [1.807, 2.05) is 6.07 Å². The van der Waals surface area contributed by atoms with Crippen LogP contribution >= 0.6 is 12.4 Å². The molecule has 1 atom stereocenters. The number of fused-ring (bicyclic) bond motifs is 3. The number of benzene rings is 1. The lowest BCUT2D eigenvalue weighted by atomic mass is 10.0. The maximum absolute atomic E-state index is 12.5. The van der Waals surface area contributed by atoms with Crippen molar-refractivity contribution in [3.8, 4) is 5.75 Å². The van der Waals surface area contributed by atoms with Gasteiger partial charge in [0.1, 0.15) is 5.75 Å². The molecule has 136 valence electrons. The van der Waals surface area contributed by atoms with Crippen LogP contribution in [0.3, 0.4) is 0 Å². The van der Waals surface area contributed by atoms with Gasteiger partial charge in [0, 0.05) is 44.3 Å². The molecule has 0 amide bonds. The molecule has 2 aliphatic rings. The second-order valence-corrected chi connectivity index (χ2v) is 6.45. The highest BCUT2D eigenvalue weighted by Crippen LogP contribution is 2.28. The van der Waals surface area contributed by atoms with Gasteiger partial charge >= 0.3 is 5.69 Å². The maximum atomic E-state index is 12.5. The Labute approximate surface area is 151 Å². The quantitative estimate of drug-likeness (QED) is 0.776. The number of nitrogens with zero attached hydrogens (tertiary/aromatic N) is 2. The van der Waals surface area contributed by atoms with Gasteiger partial charge in [-0.15, -0.1) is 12.4 Å². The van der Waals surface area contributed by atoms with Gasteiger partial charge in [0.15, 0.2) is 0 Å². The zero-order valence-electron chi connectivity index (χ0n) is 14.2. The number of hydrogen-bond acceptors (Lipinski definition) is 5. The molecule has 3 heterocycles. The Bertz CT molecular complexity index is 892. The number of rotatable bonds is 1. The Morgan fingerprint density at radius 3 is 2.96 bits per heavy atom. The Kier molecular flexibility index (Phi) is 5.17. The molecule has 8 heteroatoms. The van der Waals surface area contributed by atoms with Crippen LogP contribution in [0.1, 0.15) is 18.9 Å². The van der Waals surface area contributed by atoms with E-state index in [-0.39, 0.29) is 23.7 Å². The molecule has 1 saturated heterocycles. The summed E-state index contributed by atoms with van der Waals surface area (Å²) < 4.78 is 7.16. The third kappa shape index (κ3) is 3.19. The highest BCUT2D eigenvalue weighted by molar-refractivity contribution is 5.85. The number of hydrogen-bond donors (Lipinski definition) is 2. The minimum atomic E-state index is -0.359. The number of ether oxygens (including phenoxy) is 1. The van der Waals surface area contributed by atoms with Crippen LogP contribution in [0.5, 0.6) is 5.75 Å². The average molecular weight is 367 g/mol. The third-order valence-electron chi connectivity index (χ3n) is 5.03. The SMILES string of the molecule is CCn1c(=O)[nH]c2cc3c(cc2c1=O)OCC[C@@H]1CNCCN1C3.Cl. The molecule has 0 bridgehead atoms. The summed E-state index contributed by atoms with van der Waals surface area (Å²) in [4.78, 5) is 29.9. The lowest BCUT2D eigenvalue weighted by Crippen LogP contribution is -2.51. The van der Waals surface area contributed by atoms with Gasteiger partial charge < -0.3 is 15.0 Å². The summed E-state index contributed by atoms with van der Waals surface area (Å²) in [6.07, 6.45) is 0.968. The van der Waals surface area contributed by atoms with E-state index in [2.05, 4.69) is 15.2 Å². The van der Waals surface area contributed by atoms with Crippen LogP contribution in [-0.4, -0.2) is 46.7 Å². The van der Waals surface area contributed by atoms with Gasteiger partial charge in [-0.25, -0.2) is 4.79 Å². The van der Waals surface area contributed by atoms with E-state index in [0.717, 1.165) is 43.9 Å². The second kappa shape index (κ2) is 7.19. The first-order valence-corrected chi connectivity index (χ1v) is 8.54. The van der Waals surface area contributed by atoms with Crippen LogP contribution in [-0.2, 0) is 13.1 Å². The van der Waals surface area contributed by atoms with Crippen LogP contribution in [0, 0.1) is 0 Å². The van der Waals surface area contributed by atoms with E-state index in [1.165, 1.54) is 4.57 Å². The normalized spacial score (nSPS) is 20.6. The molecule has 0 spiro atoms. The zero-order valence-corrected chi connectivity index (χ0v) is 15.0. The van der Waals surface area contributed by atoms with Crippen LogP contribution < -0.4 is 21.3 Å². The maximum Gasteiger partial charge on any atom is 0.328 e. The van der Waals surface area contributed by atoms with Crippen molar-refractivity contribution < 1.29 is 4.74 Å². The molecule has 0 radical (unpaired) electrons. The number of nitrogens with one attached hydrogen (secondary N) is 2. The van der Waals surface area contributed by atoms with Crippen molar-refractivity contribution in [1.29, 1.82) is 0 Å². The summed E-state index contributed by atoms with van der Waals surface area (Å²) in [6, 6.07) is 4.16. The fourth-order valence-electron chi connectivity index (χ4n) is 3.69. The lowest BCUT2D eigenvalue weighted by Gasteiger charge is -2.38. The van der Waals surface area contributed by atoms with E-state index >= 15 is 0 Å². The monoisotopic (exact) mass is 366 g/mol. The fourth-order valence-corrected chi connectivity index (χ4v) is 3.69. The smallest absolute Gasteiger partial charge is 0.328 e. The van der Waals surface area contributed by atoms with Crippen molar-refractivity contribution in [2.45, 2.75) is 32.5 Å². The van der Waals surface area contributed by atoms with E-state index in [0.29, 0.717) is 30.1 Å². The molecule has 1 fully saturated rings. The van der Waals surface area contributed by atoms with Gasteiger partial charge in [-0.1, -0.05) is 0 Å². The molecular formula is C17H23ClN4O3. The summed E-state index contributed by atoms with van der Waals surface area (Å²) in [5, 5.41) is 3.93. The van der Waals surface area contributed by atoms with Gasteiger partial charge in [0.2, 0.25) is 0 Å². The van der Waals surface area contributed by atoms with Crippen LogP contribution in [0.25, 0.3) is 10.9 Å². The first-order valence-electron chi connectivity index (χ1n) is 8.54. The Morgan fingerprint density at radius 1 is 1.32 bits per heavy atom. The largest absolute Gasteiger partial charge is 0.493 e. The minimum absolute atomic E-state index is 0. The fraction of sp³-hybridized carbons (Fsp3) is 0.529. The number of aromatic nitrogens is 2. The molecule has 0 unspecified atom stereocenters. The first-order chi connectivity index (χ1) is 11.7. The second-order valence-electron chi connectivity index (χ2n) is 6.45. The highest BCUT2D eigenvalue weighted by Gasteiger charge is 2.26. The predicted molar refractivity (Wildman–Crippen MR) is 98.9 cm³/mol. The zero-order chi connectivity index (χ0) is 16.7. The van der Waals surface area contributed by atoms with Crippen molar-refractivity contribution >= 4 is 23.3 Å². The molecule has 1 aromatic heterocycles. The number of H-pyrrole nitrogens is 1. The van der Waals surface area contributed by atoms with Gasteiger partial charge in [-0.2, -0.15) is 0 Å². The molecule has 1 aromatic carbocycles. The van der Waals surface area contributed by atoms with Crippen LogP contribution in [0.2, 0.25) is 0 Å². The number of halogens is 1. The van der Waals surface area contributed by atoms with E-state index in [1.54, 1.807) is 13.0 Å². The molecule has 2 N–H and O–H groups in total. The van der Waals surface area contributed by atoms with Gasteiger partial charge in [0.05, 0.1) is 17.5 Å². The Morgan fingerprint density at radius 2 is 2.16 bits per heavy atom. The third-order valence-corrected chi connectivity index (χ3v) is 5.03. The van der Waals surface area contributed by atoms with Gasteiger partial charge in [0.25, 0.3) is 5.56 Å². The number of aromatic amines is 1. The van der Waals surface area contributed by atoms with Crippen molar-refractivity contribution in [1.82, 2.24) is 19.8 Å². The summed E-state index contributed by atoms with van der Waals surface area (Å²) in [6.45, 7) is 6.50. The molecule has 7 nitrogen and oxygen atoms in total. The molecule has 0 saturated carbocycles. The minimum Gasteiger partial charge on any atom is -0.493 e. The first kappa shape index (κ1) is 18.0. The highest BCUT2D eigenvalue weighted by atomic mass is 35.5. The van der Waals surface area contributed by atoms with E-state index < -0.39 is 0 Å². The van der Waals surface area contributed by atoms with Gasteiger partial charge in [-0.3, -0.25) is 14.3 Å². The Hall–Kier alpha value is -1.83. The summed E-state index contributed by atoms with van der Waals surface area (Å²) in [7, 11) is 0. The molecule has 4 rings (SSSR count). The van der Waals surface area contributed by atoms with Crippen LogP contribution in [0.4, 0.5) is 0 Å². The molecule has 25 heavy (non-hydrogen) atoms. The van der Waals surface area contributed by atoms with Crippen molar-refractivity contribution in [3.63, 3.8) is 0 Å². The van der Waals surface area contributed by atoms with Crippen LogP contribution in [0.15, 0.2) is 21.7 Å². The molecule has 2 aliphatic heterocycles. The molecule has 2 aromatic rings. The van der Waals surface area contributed by atoms with Crippen molar-refractivity contribution in [2.24, 2.45) is 0 Å². The van der Waals surface area contributed by atoms with Crippen molar-refractivity contribution in [3.05, 3.63) is 38.5 Å². The summed E-state index contributed by atoms with van der Waals surface area (Å²) >= 11 is 0. The summed E-state index contributed by atoms with van der Waals surface area (Å²) in [5.41, 5.74) is 0.995. The van der Waals surface area contributed by atoms with Gasteiger partial charge in [-0.05, 0) is 25.5 Å².